The Hall–Kier alpha value is -3.44. The van der Waals surface area contributed by atoms with E-state index in [0.717, 1.165) is 0 Å². The van der Waals surface area contributed by atoms with E-state index >= 15 is 0 Å². The number of nitro benzene ring substituents is 1. The third-order valence-corrected chi connectivity index (χ3v) is 4.84. The van der Waals surface area contributed by atoms with Crippen LogP contribution in [-0.4, -0.2) is 16.5 Å². The van der Waals surface area contributed by atoms with E-state index < -0.39 is 16.8 Å². The summed E-state index contributed by atoms with van der Waals surface area (Å²) in [4.78, 5) is 28.0. The largest absolute Gasteiger partial charge is 0.325 e. The Kier molecular flexibility index (Phi) is 5.57. The number of nitrogens with one attached hydrogen (secondary N) is 1. The van der Waals surface area contributed by atoms with E-state index in [9.17, 15) is 20.2 Å². The van der Waals surface area contributed by atoms with E-state index in [1.165, 1.54) is 18.2 Å². The zero-order valence-electron chi connectivity index (χ0n) is 14.9. The maximum Gasteiger partial charge on any atom is 0.269 e. The van der Waals surface area contributed by atoms with Gasteiger partial charge >= 0.3 is 0 Å². The predicted octanol–water partition coefficient (Wildman–Crippen LogP) is 4.07. The van der Waals surface area contributed by atoms with Crippen LogP contribution in [0.5, 0.6) is 0 Å². The first kappa shape index (κ1) is 19.3. The van der Waals surface area contributed by atoms with Gasteiger partial charge in [0.25, 0.3) is 5.69 Å². The lowest BCUT2D eigenvalue weighted by Crippen LogP contribution is -2.36. The van der Waals surface area contributed by atoms with E-state index in [2.05, 4.69) is 29.0 Å². The molecule has 7 nitrogen and oxygen atoms in total. The summed E-state index contributed by atoms with van der Waals surface area (Å²) in [6, 6.07) is 16.9. The highest BCUT2D eigenvalue weighted by Gasteiger charge is 2.39. The predicted molar refractivity (Wildman–Crippen MR) is 109 cm³/mol. The number of anilines is 1. The Morgan fingerprint density at radius 2 is 1.96 bits per heavy atom. The van der Waals surface area contributed by atoms with Crippen molar-refractivity contribution in [2.75, 3.05) is 5.32 Å². The molecule has 1 unspecified atom stereocenters. The number of thiol groups is 1. The molecule has 1 amide bonds. The first-order valence-corrected chi connectivity index (χ1v) is 8.85. The summed E-state index contributed by atoms with van der Waals surface area (Å²) < 4.78 is 0. The van der Waals surface area contributed by atoms with Gasteiger partial charge in [-0.2, -0.15) is 5.26 Å². The number of amides is 1. The molecule has 3 rings (SSSR count). The fourth-order valence-electron chi connectivity index (χ4n) is 3.24. The fourth-order valence-corrected chi connectivity index (χ4v) is 3.58. The molecular formula is C20H16N4O3S. The van der Waals surface area contributed by atoms with Gasteiger partial charge in [-0.3, -0.25) is 14.9 Å². The van der Waals surface area contributed by atoms with Crippen LogP contribution in [0.3, 0.4) is 0 Å². The van der Waals surface area contributed by atoms with Crippen LogP contribution in [0.1, 0.15) is 18.4 Å². The van der Waals surface area contributed by atoms with Crippen LogP contribution in [0.15, 0.2) is 70.2 Å². The maximum absolute atomic E-state index is 13.1. The Morgan fingerprint density at radius 3 is 2.61 bits per heavy atom. The van der Waals surface area contributed by atoms with E-state index in [-0.39, 0.29) is 22.2 Å². The van der Waals surface area contributed by atoms with Crippen molar-refractivity contribution in [3.8, 4) is 6.07 Å². The molecular weight excluding hydrogens is 376 g/mol. The standard InChI is InChI=1S/C20H16N4O3S/c1-12-17(19(25)23-14-7-3-2-4-8-14)18(16(11-21)20(28)22-12)13-6-5-9-15(10-13)24(26)27/h2-10,17-18,28H,1H3,(H,23,25)/t17?,18-/m0/s1. The molecule has 2 aromatic rings. The number of para-hydroxylation sites is 1. The second-order valence-corrected chi connectivity index (χ2v) is 6.69. The highest BCUT2D eigenvalue weighted by atomic mass is 32.1. The zero-order chi connectivity index (χ0) is 20.3. The molecule has 0 radical (unpaired) electrons. The number of aliphatic imine (C=N–C) groups is 1. The van der Waals surface area contributed by atoms with Crippen molar-refractivity contribution in [3.63, 3.8) is 0 Å². The highest BCUT2D eigenvalue weighted by Crippen LogP contribution is 2.40. The second-order valence-electron chi connectivity index (χ2n) is 6.26. The van der Waals surface area contributed by atoms with Crippen molar-refractivity contribution >= 4 is 35.6 Å². The fraction of sp³-hybridized carbons (Fsp3) is 0.150. The number of nitro groups is 1. The second kappa shape index (κ2) is 8.06. The summed E-state index contributed by atoms with van der Waals surface area (Å²) >= 11 is 4.28. The molecule has 0 fully saturated rings. The Morgan fingerprint density at radius 1 is 1.25 bits per heavy atom. The van der Waals surface area contributed by atoms with Crippen LogP contribution < -0.4 is 5.32 Å². The van der Waals surface area contributed by atoms with Gasteiger partial charge in [-0.25, -0.2) is 4.99 Å². The summed E-state index contributed by atoms with van der Waals surface area (Å²) in [6.45, 7) is 1.68. The number of allylic oxidation sites excluding steroid dienone is 1. The molecule has 0 saturated heterocycles. The lowest BCUT2D eigenvalue weighted by Gasteiger charge is -2.30. The number of rotatable bonds is 4. The number of hydrogen-bond acceptors (Lipinski definition) is 6. The molecule has 1 aliphatic rings. The smallest absolute Gasteiger partial charge is 0.269 e. The van der Waals surface area contributed by atoms with Crippen molar-refractivity contribution < 1.29 is 9.72 Å². The third-order valence-electron chi connectivity index (χ3n) is 4.50. The van der Waals surface area contributed by atoms with Crippen LogP contribution >= 0.6 is 12.6 Å². The van der Waals surface area contributed by atoms with Crippen LogP contribution in [0.2, 0.25) is 0 Å². The monoisotopic (exact) mass is 392 g/mol. The number of carbonyl (C=O) groups is 1. The molecule has 1 N–H and O–H groups in total. The minimum Gasteiger partial charge on any atom is -0.325 e. The average Bonchev–Trinajstić information content (AvgIpc) is 2.68. The Balaban J connectivity index is 2.07. The van der Waals surface area contributed by atoms with Gasteiger partial charge in [-0.15, -0.1) is 12.6 Å². The number of benzene rings is 2. The molecule has 2 atom stereocenters. The number of non-ortho nitro benzene ring substituents is 1. The average molecular weight is 392 g/mol. The summed E-state index contributed by atoms with van der Waals surface area (Å²) in [6.07, 6.45) is 0. The van der Waals surface area contributed by atoms with E-state index in [0.29, 0.717) is 17.0 Å². The van der Waals surface area contributed by atoms with Gasteiger partial charge in [-0.1, -0.05) is 30.3 Å². The SMILES string of the molecule is CC1=NC(S)=C(C#N)[C@H](c2cccc([N+](=O)[O-])c2)C1C(=O)Nc1ccccc1. The van der Waals surface area contributed by atoms with Gasteiger partial charge in [0.15, 0.2) is 0 Å². The lowest BCUT2D eigenvalue weighted by molar-refractivity contribution is -0.384. The molecule has 0 spiro atoms. The maximum atomic E-state index is 13.1. The molecule has 0 saturated carbocycles. The van der Waals surface area contributed by atoms with Crippen molar-refractivity contribution in [1.82, 2.24) is 0 Å². The normalized spacial score (nSPS) is 18.8. The van der Waals surface area contributed by atoms with Crippen LogP contribution in [0.4, 0.5) is 11.4 Å². The highest BCUT2D eigenvalue weighted by molar-refractivity contribution is 7.84. The zero-order valence-corrected chi connectivity index (χ0v) is 15.8. The lowest BCUT2D eigenvalue weighted by atomic mass is 9.76. The summed E-state index contributed by atoms with van der Waals surface area (Å²) in [7, 11) is 0. The molecule has 1 heterocycles. The molecule has 0 bridgehead atoms. The quantitative estimate of drug-likeness (QED) is 0.464. The number of nitrogens with zero attached hydrogens (tertiary/aromatic N) is 3. The summed E-state index contributed by atoms with van der Waals surface area (Å²) in [5.41, 5.74) is 1.66. The van der Waals surface area contributed by atoms with Gasteiger partial charge in [0.1, 0.15) is 5.03 Å². The Labute approximate surface area is 167 Å². The van der Waals surface area contributed by atoms with Gasteiger partial charge in [0, 0.05) is 29.4 Å². The number of nitriles is 1. The first-order chi connectivity index (χ1) is 13.4. The van der Waals surface area contributed by atoms with E-state index in [1.807, 2.05) is 6.07 Å². The van der Waals surface area contributed by atoms with Gasteiger partial charge in [0.2, 0.25) is 5.91 Å². The molecule has 1 aliphatic heterocycles. The van der Waals surface area contributed by atoms with Gasteiger partial charge in [-0.05, 0) is 24.6 Å². The van der Waals surface area contributed by atoms with Crippen molar-refractivity contribution in [2.24, 2.45) is 10.9 Å². The van der Waals surface area contributed by atoms with E-state index in [1.54, 1.807) is 37.3 Å². The molecule has 0 aromatic heterocycles. The van der Waals surface area contributed by atoms with Crippen LogP contribution in [-0.2, 0) is 4.79 Å². The molecule has 2 aromatic carbocycles. The molecule has 140 valence electrons. The summed E-state index contributed by atoms with van der Waals surface area (Å²) in [5, 5.41) is 23.9. The number of carbonyl (C=O) groups excluding carboxylic acids is 1. The summed E-state index contributed by atoms with van der Waals surface area (Å²) in [5.74, 6) is -1.87. The van der Waals surface area contributed by atoms with Crippen molar-refractivity contribution in [1.29, 1.82) is 5.26 Å². The minimum atomic E-state index is -0.798. The van der Waals surface area contributed by atoms with Crippen LogP contribution in [0.25, 0.3) is 0 Å². The minimum absolute atomic E-state index is 0.113. The Bertz CT molecular complexity index is 1040. The molecule has 0 aliphatic carbocycles. The molecule has 28 heavy (non-hydrogen) atoms. The van der Waals surface area contributed by atoms with Crippen molar-refractivity contribution in [2.45, 2.75) is 12.8 Å². The van der Waals surface area contributed by atoms with Gasteiger partial charge < -0.3 is 5.32 Å². The third kappa shape index (κ3) is 3.80. The molecule has 8 heteroatoms. The van der Waals surface area contributed by atoms with E-state index in [4.69, 9.17) is 0 Å². The van der Waals surface area contributed by atoms with Crippen LogP contribution in [0, 0.1) is 27.4 Å². The van der Waals surface area contributed by atoms with Gasteiger partial charge in [0.05, 0.1) is 22.5 Å². The number of hydrogen-bond donors (Lipinski definition) is 2. The topological polar surface area (TPSA) is 108 Å². The van der Waals surface area contributed by atoms with Crippen molar-refractivity contribution in [3.05, 3.63) is 80.9 Å². The first-order valence-electron chi connectivity index (χ1n) is 8.41.